The number of anilines is 1. The minimum Gasteiger partial charge on any atom is -0.339 e. The summed E-state index contributed by atoms with van der Waals surface area (Å²) in [5, 5.41) is -0.0514. The zero-order valence-electron chi connectivity index (χ0n) is 9.57. The van der Waals surface area contributed by atoms with Gasteiger partial charge in [-0.25, -0.2) is 4.98 Å². The predicted octanol–water partition coefficient (Wildman–Crippen LogP) is 1.03. The Labute approximate surface area is 104 Å². The lowest BCUT2D eigenvalue weighted by Crippen LogP contribution is -2.13. The number of carbonyl (C=O) groups is 1. The number of imidazole rings is 1. The molecule has 0 aliphatic carbocycles. The van der Waals surface area contributed by atoms with Gasteiger partial charge in [-0.05, 0) is 24.3 Å². The molecule has 6 nitrogen and oxygen atoms in total. The lowest BCUT2D eigenvalue weighted by Gasteiger charge is -2.05. The highest BCUT2D eigenvalue weighted by Gasteiger charge is 2.16. The van der Waals surface area contributed by atoms with Crippen LogP contribution in [0, 0.1) is 0 Å². The normalized spacial score (nSPS) is 11.2. The molecule has 7 heteroatoms. The Hall–Kier alpha value is -2.15. The summed E-state index contributed by atoms with van der Waals surface area (Å²) in [6.45, 7) is 0. The van der Waals surface area contributed by atoms with Crippen LogP contribution in [-0.4, -0.2) is 24.3 Å². The van der Waals surface area contributed by atoms with Crippen molar-refractivity contribution in [3.63, 3.8) is 0 Å². The van der Waals surface area contributed by atoms with Crippen molar-refractivity contribution in [2.75, 3.05) is 4.72 Å². The second-order valence-electron chi connectivity index (χ2n) is 3.72. The van der Waals surface area contributed by atoms with Crippen molar-refractivity contribution in [1.82, 2.24) is 9.55 Å². The van der Waals surface area contributed by atoms with Crippen LogP contribution in [0.2, 0.25) is 0 Å². The number of sulfonamides is 1. The van der Waals surface area contributed by atoms with E-state index in [1.54, 1.807) is 11.6 Å². The lowest BCUT2D eigenvalue weighted by molar-refractivity contribution is 0.112. The molecule has 18 heavy (non-hydrogen) atoms. The molecule has 94 valence electrons. The van der Waals surface area contributed by atoms with Gasteiger partial charge in [0.15, 0.2) is 5.03 Å². The molecule has 1 N–H and O–H groups in total. The Balaban J connectivity index is 2.24. The third-order valence-electron chi connectivity index (χ3n) is 2.26. The number of nitrogens with one attached hydrogen (secondary N) is 1. The van der Waals surface area contributed by atoms with E-state index in [9.17, 15) is 13.2 Å². The summed E-state index contributed by atoms with van der Waals surface area (Å²) < 4.78 is 27.8. The van der Waals surface area contributed by atoms with Gasteiger partial charge in [-0.15, -0.1) is 0 Å². The first-order chi connectivity index (χ1) is 8.51. The van der Waals surface area contributed by atoms with Gasteiger partial charge in [-0.3, -0.25) is 9.52 Å². The molecule has 2 rings (SSSR count). The Morgan fingerprint density at radius 2 is 1.94 bits per heavy atom. The number of carbonyl (C=O) groups excluding carboxylic acids is 1. The summed E-state index contributed by atoms with van der Waals surface area (Å²) in [4.78, 5) is 14.2. The Bertz CT molecular complexity index is 659. The highest BCUT2D eigenvalue weighted by Crippen LogP contribution is 2.14. The first-order valence-electron chi connectivity index (χ1n) is 5.07. The van der Waals surface area contributed by atoms with Crippen molar-refractivity contribution in [2.24, 2.45) is 7.05 Å². The van der Waals surface area contributed by atoms with Crippen molar-refractivity contribution < 1.29 is 13.2 Å². The number of nitrogens with zero attached hydrogens (tertiary/aromatic N) is 2. The van der Waals surface area contributed by atoms with Crippen LogP contribution >= 0.6 is 0 Å². The summed E-state index contributed by atoms with van der Waals surface area (Å²) in [7, 11) is -2.00. The predicted molar refractivity (Wildman–Crippen MR) is 65.8 cm³/mol. The van der Waals surface area contributed by atoms with Crippen LogP contribution in [-0.2, 0) is 17.1 Å². The first-order valence-corrected chi connectivity index (χ1v) is 6.55. The van der Waals surface area contributed by atoms with E-state index < -0.39 is 10.0 Å². The van der Waals surface area contributed by atoms with Crippen LogP contribution < -0.4 is 4.72 Å². The summed E-state index contributed by atoms with van der Waals surface area (Å²) in [5.41, 5.74) is 0.863. The number of rotatable bonds is 4. The molecule has 1 aromatic carbocycles. The molecule has 0 amide bonds. The maximum Gasteiger partial charge on any atom is 0.280 e. The number of hydrogen-bond donors (Lipinski definition) is 1. The quantitative estimate of drug-likeness (QED) is 0.837. The van der Waals surface area contributed by atoms with Gasteiger partial charge in [0.2, 0.25) is 0 Å². The van der Waals surface area contributed by atoms with Crippen molar-refractivity contribution in [3.05, 3.63) is 42.4 Å². The smallest absolute Gasteiger partial charge is 0.280 e. The SMILES string of the molecule is Cn1cnc(S(=O)(=O)Nc2ccc(C=O)cc2)c1. The van der Waals surface area contributed by atoms with Gasteiger partial charge in [0, 0.05) is 24.5 Å². The average Bonchev–Trinajstić information content (AvgIpc) is 2.77. The highest BCUT2D eigenvalue weighted by molar-refractivity contribution is 7.92. The maximum atomic E-state index is 11.9. The molecule has 0 aliphatic rings. The lowest BCUT2D eigenvalue weighted by atomic mass is 10.2. The Morgan fingerprint density at radius 3 is 2.44 bits per heavy atom. The third-order valence-corrected chi connectivity index (χ3v) is 3.52. The van der Waals surface area contributed by atoms with Crippen LogP contribution in [0.25, 0.3) is 0 Å². The minimum atomic E-state index is -3.68. The third kappa shape index (κ3) is 2.57. The number of aldehydes is 1. The summed E-state index contributed by atoms with van der Waals surface area (Å²) in [6.07, 6.45) is 3.50. The summed E-state index contributed by atoms with van der Waals surface area (Å²) in [6, 6.07) is 6.10. The zero-order valence-corrected chi connectivity index (χ0v) is 10.4. The van der Waals surface area contributed by atoms with E-state index in [1.807, 2.05) is 0 Å². The molecular weight excluding hydrogens is 254 g/mol. The molecule has 0 spiro atoms. The van der Waals surface area contributed by atoms with Gasteiger partial charge in [0.25, 0.3) is 10.0 Å². The second-order valence-corrected chi connectivity index (χ2v) is 5.35. The summed E-state index contributed by atoms with van der Waals surface area (Å²) >= 11 is 0. The van der Waals surface area contributed by atoms with E-state index in [0.29, 0.717) is 17.5 Å². The van der Waals surface area contributed by atoms with E-state index in [0.717, 1.165) is 0 Å². The molecule has 0 bridgehead atoms. The molecular formula is C11H11N3O3S. The standard InChI is InChI=1S/C11H11N3O3S/c1-14-6-11(12-8-14)18(16,17)13-10-4-2-9(7-15)3-5-10/h2-8,13H,1H3. The topological polar surface area (TPSA) is 81.1 Å². The monoisotopic (exact) mass is 265 g/mol. The van der Waals surface area contributed by atoms with Gasteiger partial charge in [-0.2, -0.15) is 8.42 Å². The molecule has 0 aliphatic heterocycles. The van der Waals surface area contributed by atoms with E-state index in [-0.39, 0.29) is 5.03 Å². The fraction of sp³-hybridized carbons (Fsp3) is 0.0909. The van der Waals surface area contributed by atoms with E-state index in [2.05, 4.69) is 9.71 Å². The fourth-order valence-electron chi connectivity index (χ4n) is 1.36. The fourth-order valence-corrected chi connectivity index (χ4v) is 2.41. The number of aromatic nitrogens is 2. The molecule has 0 fully saturated rings. The molecule has 1 heterocycles. The van der Waals surface area contributed by atoms with Crippen molar-refractivity contribution in [2.45, 2.75) is 5.03 Å². The zero-order chi connectivity index (χ0) is 13.2. The van der Waals surface area contributed by atoms with E-state index >= 15 is 0 Å². The van der Waals surface area contributed by atoms with Crippen LogP contribution in [0.1, 0.15) is 10.4 Å². The largest absolute Gasteiger partial charge is 0.339 e. The molecule has 0 unspecified atom stereocenters. The van der Waals surface area contributed by atoms with Gasteiger partial charge >= 0.3 is 0 Å². The second kappa shape index (κ2) is 4.61. The van der Waals surface area contributed by atoms with Crippen molar-refractivity contribution >= 4 is 22.0 Å². The average molecular weight is 265 g/mol. The number of aryl methyl sites for hydroxylation is 1. The summed E-state index contributed by atoms with van der Waals surface area (Å²) in [5.74, 6) is 0. The van der Waals surface area contributed by atoms with Crippen molar-refractivity contribution in [1.29, 1.82) is 0 Å². The van der Waals surface area contributed by atoms with Crippen LogP contribution in [0.15, 0.2) is 41.8 Å². The first kappa shape index (κ1) is 12.3. The molecule has 0 radical (unpaired) electrons. The van der Waals surface area contributed by atoms with Gasteiger partial charge in [0.1, 0.15) is 6.29 Å². The van der Waals surface area contributed by atoms with Gasteiger partial charge < -0.3 is 4.57 Å². The van der Waals surface area contributed by atoms with E-state index in [4.69, 9.17) is 0 Å². The molecule has 1 aromatic heterocycles. The van der Waals surface area contributed by atoms with Crippen LogP contribution in [0.3, 0.4) is 0 Å². The highest BCUT2D eigenvalue weighted by atomic mass is 32.2. The number of benzene rings is 1. The van der Waals surface area contributed by atoms with Gasteiger partial charge in [-0.1, -0.05) is 0 Å². The molecule has 0 saturated heterocycles. The minimum absolute atomic E-state index is 0.0514. The van der Waals surface area contributed by atoms with E-state index in [1.165, 1.54) is 36.8 Å². The Morgan fingerprint density at radius 1 is 1.28 bits per heavy atom. The van der Waals surface area contributed by atoms with Crippen LogP contribution in [0.5, 0.6) is 0 Å². The maximum absolute atomic E-state index is 11.9. The number of hydrogen-bond acceptors (Lipinski definition) is 4. The van der Waals surface area contributed by atoms with Crippen LogP contribution in [0.4, 0.5) is 5.69 Å². The molecule has 0 saturated carbocycles. The van der Waals surface area contributed by atoms with Gasteiger partial charge in [0.05, 0.1) is 6.33 Å². The Kier molecular flexibility index (Phi) is 3.15. The van der Waals surface area contributed by atoms with Crippen molar-refractivity contribution in [3.8, 4) is 0 Å². The molecule has 0 atom stereocenters. The molecule has 2 aromatic rings.